The zero-order valence-electron chi connectivity index (χ0n) is 13.1. The van der Waals surface area contributed by atoms with Crippen LogP contribution in [0.15, 0.2) is 72.9 Å². The second kappa shape index (κ2) is 6.04. The van der Waals surface area contributed by atoms with Crippen LogP contribution in [-0.2, 0) is 6.61 Å². The Morgan fingerprint density at radius 1 is 0.792 bits per heavy atom. The molecule has 0 radical (unpaired) electrons. The highest BCUT2D eigenvalue weighted by Crippen LogP contribution is 2.31. The second-order valence-electron chi connectivity index (χ2n) is 5.89. The molecule has 1 heterocycles. The molecule has 3 heteroatoms. The fraction of sp³-hybridized carbons (Fsp3) is 0.0952. The Kier molecular flexibility index (Phi) is 3.73. The van der Waals surface area contributed by atoms with Crippen molar-refractivity contribution >= 4 is 21.7 Å². The molecule has 3 aromatic carbocycles. The Bertz CT molecular complexity index is 1010. The number of aliphatic hydroxyl groups excluding tert-OH is 2. The minimum Gasteiger partial charge on any atom is -0.392 e. The first-order chi connectivity index (χ1) is 11.8. The van der Waals surface area contributed by atoms with Gasteiger partial charge in [-0.3, -0.25) is 4.98 Å². The molecule has 0 saturated heterocycles. The molecule has 0 aliphatic rings. The Balaban J connectivity index is 1.98. The number of hydrogen-bond donors (Lipinski definition) is 2. The zero-order valence-corrected chi connectivity index (χ0v) is 13.1. The summed E-state index contributed by atoms with van der Waals surface area (Å²) in [7, 11) is 0. The quantitative estimate of drug-likeness (QED) is 0.563. The highest BCUT2D eigenvalue weighted by atomic mass is 16.3. The van der Waals surface area contributed by atoms with Crippen LogP contribution in [0.4, 0.5) is 0 Å². The topological polar surface area (TPSA) is 53.4 Å². The van der Waals surface area contributed by atoms with Crippen LogP contribution in [0.25, 0.3) is 21.7 Å². The molecule has 2 N–H and O–H groups in total. The van der Waals surface area contributed by atoms with Gasteiger partial charge in [0.05, 0.1) is 12.1 Å². The number of benzene rings is 3. The van der Waals surface area contributed by atoms with Gasteiger partial charge in [-0.25, -0.2) is 0 Å². The van der Waals surface area contributed by atoms with Crippen molar-refractivity contribution in [2.24, 2.45) is 0 Å². The van der Waals surface area contributed by atoms with Crippen LogP contribution in [0.3, 0.4) is 0 Å². The molecule has 4 rings (SSSR count). The van der Waals surface area contributed by atoms with Gasteiger partial charge in [-0.15, -0.1) is 0 Å². The Morgan fingerprint density at radius 2 is 1.54 bits per heavy atom. The number of nitrogens with zero attached hydrogens (tertiary/aromatic N) is 1. The first-order valence-electron chi connectivity index (χ1n) is 7.92. The Morgan fingerprint density at radius 3 is 2.33 bits per heavy atom. The molecular weight excluding hydrogens is 298 g/mol. The summed E-state index contributed by atoms with van der Waals surface area (Å²) in [4.78, 5) is 4.48. The third kappa shape index (κ3) is 2.44. The minimum absolute atomic E-state index is 0.0914. The monoisotopic (exact) mass is 315 g/mol. The van der Waals surface area contributed by atoms with Gasteiger partial charge >= 0.3 is 0 Å². The van der Waals surface area contributed by atoms with E-state index >= 15 is 0 Å². The van der Waals surface area contributed by atoms with Gasteiger partial charge < -0.3 is 10.2 Å². The van der Waals surface area contributed by atoms with E-state index in [4.69, 9.17) is 0 Å². The number of fused-ring (bicyclic) bond motifs is 3. The van der Waals surface area contributed by atoms with Crippen molar-refractivity contribution in [2.75, 3.05) is 0 Å². The molecule has 0 bridgehead atoms. The molecule has 118 valence electrons. The van der Waals surface area contributed by atoms with Gasteiger partial charge in [0.2, 0.25) is 0 Å². The molecule has 0 aliphatic heterocycles. The summed E-state index contributed by atoms with van der Waals surface area (Å²) in [5, 5.41) is 23.5. The van der Waals surface area contributed by atoms with E-state index in [0.29, 0.717) is 0 Å². The second-order valence-corrected chi connectivity index (χ2v) is 5.89. The van der Waals surface area contributed by atoms with Crippen molar-refractivity contribution in [3.05, 3.63) is 89.6 Å². The number of para-hydroxylation sites is 1. The van der Waals surface area contributed by atoms with Gasteiger partial charge in [-0.05, 0) is 40.3 Å². The molecule has 0 spiro atoms. The lowest BCUT2D eigenvalue weighted by atomic mass is 9.94. The summed E-state index contributed by atoms with van der Waals surface area (Å²) < 4.78 is 0. The number of pyridine rings is 1. The fourth-order valence-electron chi connectivity index (χ4n) is 3.18. The maximum atomic E-state index is 10.7. The summed E-state index contributed by atoms with van der Waals surface area (Å²) in [5.41, 5.74) is 3.28. The normalized spacial score (nSPS) is 12.6. The standard InChI is InChI=1S/C21H17NO2/c23-13-16-10-15(21(24)14-6-2-1-3-7-14)11-18-17-8-4-5-9-20(17)22-12-19(16)18/h1-12,21,23-24H,13H2. The summed E-state index contributed by atoms with van der Waals surface area (Å²) in [6, 6.07) is 21.3. The van der Waals surface area contributed by atoms with Gasteiger partial charge in [0, 0.05) is 17.0 Å². The molecule has 4 aromatic rings. The van der Waals surface area contributed by atoms with E-state index in [-0.39, 0.29) is 6.61 Å². The maximum absolute atomic E-state index is 10.7. The predicted octanol–water partition coefficient (Wildman–Crippen LogP) is 3.96. The molecule has 1 atom stereocenters. The van der Waals surface area contributed by atoms with Crippen LogP contribution in [0.1, 0.15) is 22.8 Å². The first kappa shape index (κ1) is 14.8. The van der Waals surface area contributed by atoms with Crippen molar-refractivity contribution in [3.8, 4) is 0 Å². The minimum atomic E-state index is -0.729. The summed E-state index contributed by atoms with van der Waals surface area (Å²) >= 11 is 0. The van der Waals surface area contributed by atoms with Crippen molar-refractivity contribution in [2.45, 2.75) is 12.7 Å². The van der Waals surface area contributed by atoms with E-state index in [0.717, 1.165) is 38.4 Å². The Labute approximate surface area is 139 Å². The lowest BCUT2D eigenvalue weighted by molar-refractivity contribution is 0.220. The lowest BCUT2D eigenvalue weighted by Crippen LogP contribution is -2.01. The third-order valence-electron chi connectivity index (χ3n) is 4.42. The van der Waals surface area contributed by atoms with E-state index in [2.05, 4.69) is 4.98 Å². The van der Waals surface area contributed by atoms with Gasteiger partial charge in [0.1, 0.15) is 6.10 Å². The van der Waals surface area contributed by atoms with Crippen molar-refractivity contribution in [1.82, 2.24) is 4.98 Å². The molecule has 0 saturated carbocycles. The number of aromatic nitrogens is 1. The summed E-state index contributed by atoms with van der Waals surface area (Å²) in [6.07, 6.45) is 1.06. The van der Waals surface area contributed by atoms with E-state index in [9.17, 15) is 10.2 Å². The van der Waals surface area contributed by atoms with Crippen LogP contribution in [0, 0.1) is 0 Å². The van der Waals surface area contributed by atoms with Crippen LogP contribution in [-0.4, -0.2) is 15.2 Å². The van der Waals surface area contributed by atoms with Gasteiger partial charge in [0.25, 0.3) is 0 Å². The molecule has 3 nitrogen and oxygen atoms in total. The highest BCUT2D eigenvalue weighted by molar-refractivity contribution is 6.06. The average Bonchev–Trinajstić information content (AvgIpc) is 2.67. The van der Waals surface area contributed by atoms with Crippen LogP contribution in [0.2, 0.25) is 0 Å². The molecule has 0 amide bonds. The SMILES string of the molecule is OCc1cc(C(O)c2ccccc2)cc2c1cnc1ccccc12. The fourth-order valence-corrected chi connectivity index (χ4v) is 3.18. The lowest BCUT2D eigenvalue weighted by Gasteiger charge is -2.15. The first-order valence-corrected chi connectivity index (χ1v) is 7.92. The van der Waals surface area contributed by atoms with Gasteiger partial charge in [-0.2, -0.15) is 0 Å². The van der Waals surface area contributed by atoms with Crippen LogP contribution in [0.5, 0.6) is 0 Å². The van der Waals surface area contributed by atoms with Gasteiger partial charge in [0.15, 0.2) is 0 Å². The van der Waals surface area contributed by atoms with E-state index < -0.39 is 6.10 Å². The average molecular weight is 315 g/mol. The predicted molar refractivity (Wildman–Crippen MR) is 95.7 cm³/mol. The van der Waals surface area contributed by atoms with E-state index in [1.165, 1.54) is 0 Å². The highest BCUT2D eigenvalue weighted by Gasteiger charge is 2.14. The smallest absolute Gasteiger partial charge is 0.104 e. The van der Waals surface area contributed by atoms with E-state index in [1.54, 1.807) is 6.20 Å². The van der Waals surface area contributed by atoms with Crippen molar-refractivity contribution in [3.63, 3.8) is 0 Å². The molecule has 1 aromatic heterocycles. The van der Waals surface area contributed by atoms with E-state index in [1.807, 2.05) is 66.7 Å². The number of rotatable bonds is 3. The molecule has 24 heavy (non-hydrogen) atoms. The molecule has 1 unspecified atom stereocenters. The third-order valence-corrected chi connectivity index (χ3v) is 4.42. The summed E-state index contributed by atoms with van der Waals surface area (Å²) in [6.45, 7) is -0.0914. The Hall–Kier alpha value is -2.75. The van der Waals surface area contributed by atoms with Crippen LogP contribution < -0.4 is 0 Å². The largest absolute Gasteiger partial charge is 0.392 e. The summed E-state index contributed by atoms with van der Waals surface area (Å²) in [5.74, 6) is 0. The molecule has 0 fully saturated rings. The molecular formula is C21H17NO2. The molecule has 0 aliphatic carbocycles. The van der Waals surface area contributed by atoms with Crippen molar-refractivity contribution in [1.29, 1.82) is 0 Å². The van der Waals surface area contributed by atoms with Crippen molar-refractivity contribution < 1.29 is 10.2 Å². The maximum Gasteiger partial charge on any atom is 0.104 e. The zero-order chi connectivity index (χ0) is 16.5. The number of aliphatic hydroxyl groups is 2. The van der Waals surface area contributed by atoms with Gasteiger partial charge in [-0.1, -0.05) is 48.5 Å². The number of hydrogen-bond acceptors (Lipinski definition) is 3. The van der Waals surface area contributed by atoms with Crippen LogP contribution >= 0.6 is 0 Å².